The normalized spacial score (nSPS) is 37.7. The summed E-state index contributed by atoms with van der Waals surface area (Å²) in [5.74, 6) is 0.537. The highest BCUT2D eigenvalue weighted by Crippen LogP contribution is 2.76. The fraction of sp³-hybridized carbons (Fsp3) is 0.825. The maximum Gasteiger partial charge on any atom is 0.366 e. The number of hydrogen-bond acceptors (Lipinski definition) is 8. The van der Waals surface area contributed by atoms with Crippen LogP contribution < -0.4 is 5.43 Å². The van der Waals surface area contributed by atoms with Gasteiger partial charge in [-0.1, -0.05) is 54.9 Å². The Kier molecular flexibility index (Phi) is 10.5. The van der Waals surface area contributed by atoms with Crippen LogP contribution in [0, 0.1) is 50.7 Å². The molecule has 10 heteroatoms. The number of amides is 2. The van der Waals surface area contributed by atoms with E-state index in [-0.39, 0.29) is 46.7 Å². The van der Waals surface area contributed by atoms with Crippen molar-refractivity contribution in [3.63, 3.8) is 0 Å². The minimum absolute atomic E-state index is 0.0107. The molecule has 1 N–H and O–H groups in total. The summed E-state index contributed by atoms with van der Waals surface area (Å²) in [4.78, 5) is 71.8. The van der Waals surface area contributed by atoms with Crippen LogP contribution in [0.4, 0.5) is 0 Å². The first-order chi connectivity index (χ1) is 23.2. The van der Waals surface area contributed by atoms with Crippen LogP contribution in [0.3, 0.4) is 0 Å². The summed E-state index contributed by atoms with van der Waals surface area (Å²) in [6.45, 7) is 23.9. The molecule has 7 atom stereocenters. The Balaban J connectivity index is 0.000000315. The lowest BCUT2D eigenvalue weighted by molar-refractivity contribution is -0.267. The van der Waals surface area contributed by atoms with Gasteiger partial charge in [0, 0.05) is 53.4 Å². The summed E-state index contributed by atoms with van der Waals surface area (Å²) in [5, 5.41) is 1.84. The first-order valence-corrected chi connectivity index (χ1v) is 19.2. The molecule has 0 spiro atoms. The standard InChI is InChI=1S/C32H48O5.C8H15N3O2/c1-19(2)25-22(34)18-32(27(35)37-36-20(3)33)17-16-30(7)21(26(25)32)10-11-24-29(6)14-9-13-28(4,5)23(29)12-15-31(24,30)8;1-7(12)9-11-5-3-10(4-6-11)8(2)13/h19,21,23-24H,9-18H2,1-8H3;3-6H2,1-2H3,(H,9,12)/t21-,23+,24-,29+,30-,31-,32-;/m1./s1. The zero-order valence-electron chi connectivity index (χ0n) is 32.5. The van der Waals surface area contributed by atoms with E-state index in [1.54, 1.807) is 11.8 Å². The number of carbonyl (C=O) groups excluding carboxylic acids is 5. The molecule has 4 saturated carbocycles. The van der Waals surface area contributed by atoms with Gasteiger partial charge in [-0.25, -0.2) is 24.4 Å². The van der Waals surface area contributed by atoms with Crippen LogP contribution in [0.1, 0.15) is 133 Å². The Hall–Kier alpha value is -2.75. The van der Waals surface area contributed by atoms with Crippen molar-refractivity contribution in [2.45, 2.75) is 133 Å². The summed E-state index contributed by atoms with van der Waals surface area (Å²) < 4.78 is 0. The van der Waals surface area contributed by atoms with Crippen molar-refractivity contribution in [3.05, 3.63) is 11.1 Å². The molecule has 0 aromatic carbocycles. The molecule has 1 aliphatic heterocycles. The average Bonchev–Trinajstić information content (AvgIpc) is 3.33. The number of nitrogens with one attached hydrogen (secondary N) is 1. The molecule has 0 bridgehead atoms. The molecule has 1 saturated heterocycles. The second-order valence-corrected chi connectivity index (χ2v) is 18.2. The Bertz CT molecular complexity index is 1430. The molecule has 50 heavy (non-hydrogen) atoms. The number of rotatable bonds is 3. The number of ketones is 1. The van der Waals surface area contributed by atoms with E-state index in [1.165, 1.54) is 46.0 Å². The molecule has 280 valence electrons. The maximum atomic E-state index is 13.6. The third-order valence-electron chi connectivity index (χ3n) is 14.8. The fourth-order valence-electron chi connectivity index (χ4n) is 12.5. The summed E-state index contributed by atoms with van der Waals surface area (Å²) in [6, 6.07) is 0. The molecule has 6 rings (SSSR count). The van der Waals surface area contributed by atoms with Gasteiger partial charge in [-0.3, -0.25) is 19.8 Å². The van der Waals surface area contributed by atoms with E-state index in [2.05, 4.69) is 53.9 Å². The number of Topliss-reactive ketones (excluding diaryl/α,β-unsaturated/α-hetero) is 1. The number of fused-ring (bicyclic) bond motifs is 7. The van der Waals surface area contributed by atoms with Crippen molar-refractivity contribution >= 4 is 29.5 Å². The summed E-state index contributed by atoms with van der Waals surface area (Å²) in [7, 11) is 0. The van der Waals surface area contributed by atoms with E-state index < -0.39 is 17.4 Å². The highest BCUT2D eigenvalue weighted by Gasteiger charge is 2.70. The fourth-order valence-corrected chi connectivity index (χ4v) is 12.5. The first kappa shape index (κ1) is 38.5. The quantitative estimate of drug-likeness (QED) is 0.259. The van der Waals surface area contributed by atoms with Crippen molar-refractivity contribution in [1.82, 2.24) is 15.3 Å². The van der Waals surface area contributed by atoms with Gasteiger partial charge in [0.15, 0.2) is 5.78 Å². The van der Waals surface area contributed by atoms with Crippen LogP contribution in [0.25, 0.3) is 0 Å². The first-order valence-electron chi connectivity index (χ1n) is 19.2. The van der Waals surface area contributed by atoms with Gasteiger partial charge in [0.25, 0.3) is 0 Å². The number of nitrogens with zero attached hydrogens (tertiary/aromatic N) is 2. The number of allylic oxidation sites excluding steroid dienone is 1. The second kappa shape index (κ2) is 13.7. The van der Waals surface area contributed by atoms with Crippen molar-refractivity contribution in [2.75, 3.05) is 26.2 Å². The van der Waals surface area contributed by atoms with E-state index in [0.29, 0.717) is 49.3 Å². The van der Waals surface area contributed by atoms with Gasteiger partial charge in [0.1, 0.15) is 5.41 Å². The Morgan fingerprint density at radius 3 is 2.02 bits per heavy atom. The zero-order chi connectivity index (χ0) is 37.0. The molecular weight excluding hydrogens is 634 g/mol. The van der Waals surface area contributed by atoms with Crippen LogP contribution in [-0.4, -0.2) is 65.6 Å². The molecule has 10 nitrogen and oxygen atoms in total. The molecule has 0 aromatic heterocycles. The van der Waals surface area contributed by atoms with E-state index in [9.17, 15) is 24.0 Å². The number of carbonyl (C=O) groups is 5. The second-order valence-electron chi connectivity index (χ2n) is 18.2. The Morgan fingerprint density at radius 2 is 1.44 bits per heavy atom. The van der Waals surface area contributed by atoms with Gasteiger partial charge in [0.2, 0.25) is 11.8 Å². The smallest absolute Gasteiger partial charge is 0.340 e. The number of hydrazine groups is 1. The SMILES string of the molecule is CC(=O)NN1CCN(C(C)=O)CC1.CC(=O)OOC(=O)[C@@]12CC[C@]3(C)[C@H](CC[C@@H]4[C@@]5(C)CCCC(C)(C)[C@@H]5CC[C@]43C)C1=C(C(C)C)C(=O)C2. The van der Waals surface area contributed by atoms with Gasteiger partial charge >= 0.3 is 11.9 Å². The highest BCUT2D eigenvalue weighted by molar-refractivity contribution is 6.06. The predicted octanol–water partition coefficient (Wildman–Crippen LogP) is 6.58. The molecule has 0 aromatic rings. The van der Waals surface area contributed by atoms with Crippen LogP contribution in [-0.2, 0) is 33.7 Å². The topological polar surface area (TPSA) is 122 Å². The minimum Gasteiger partial charge on any atom is -0.340 e. The molecular formula is C40H63N3O7. The molecule has 1 heterocycles. The lowest BCUT2D eigenvalue weighted by Gasteiger charge is -2.71. The van der Waals surface area contributed by atoms with E-state index >= 15 is 0 Å². The number of hydrogen-bond donors (Lipinski definition) is 1. The Morgan fingerprint density at radius 1 is 0.780 bits per heavy atom. The monoisotopic (exact) mass is 697 g/mol. The van der Waals surface area contributed by atoms with E-state index in [0.717, 1.165) is 36.3 Å². The van der Waals surface area contributed by atoms with Crippen LogP contribution in [0.15, 0.2) is 11.1 Å². The Labute approximate surface area is 299 Å². The largest absolute Gasteiger partial charge is 0.366 e. The van der Waals surface area contributed by atoms with Crippen LogP contribution in [0.2, 0.25) is 0 Å². The van der Waals surface area contributed by atoms with Crippen LogP contribution in [0.5, 0.6) is 0 Å². The van der Waals surface area contributed by atoms with Crippen molar-refractivity contribution < 1.29 is 33.7 Å². The molecule has 5 fully saturated rings. The van der Waals surface area contributed by atoms with Gasteiger partial charge in [0.05, 0.1) is 0 Å². The van der Waals surface area contributed by atoms with Gasteiger partial charge in [-0.15, -0.1) is 0 Å². The van der Waals surface area contributed by atoms with Gasteiger partial charge in [-0.2, -0.15) is 0 Å². The predicted molar refractivity (Wildman–Crippen MR) is 190 cm³/mol. The third kappa shape index (κ3) is 6.34. The third-order valence-corrected chi connectivity index (χ3v) is 14.8. The summed E-state index contributed by atoms with van der Waals surface area (Å²) in [6.07, 6.45) is 10.3. The van der Waals surface area contributed by atoms with Gasteiger partial charge < -0.3 is 4.90 Å². The lowest BCUT2D eigenvalue weighted by Crippen LogP contribution is -2.64. The van der Waals surface area contributed by atoms with Gasteiger partial charge in [-0.05, 0) is 108 Å². The average molecular weight is 698 g/mol. The summed E-state index contributed by atoms with van der Waals surface area (Å²) in [5.41, 5.74) is 4.48. The lowest BCUT2D eigenvalue weighted by atomic mass is 9.33. The molecule has 0 radical (unpaired) electrons. The van der Waals surface area contributed by atoms with Crippen molar-refractivity contribution in [3.8, 4) is 0 Å². The highest BCUT2D eigenvalue weighted by atomic mass is 17.2. The van der Waals surface area contributed by atoms with E-state index in [4.69, 9.17) is 9.78 Å². The number of piperazine rings is 1. The van der Waals surface area contributed by atoms with Crippen LogP contribution >= 0.6 is 0 Å². The molecule has 2 amide bonds. The maximum absolute atomic E-state index is 13.6. The minimum atomic E-state index is -0.993. The summed E-state index contributed by atoms with van der Waals surface area (Å²) >= 11 is 0. The molecule has 6 aliphatic rings. The molecule has 0 unspecified atom stereocenters. The van der Waals surface area contributed by atoms with Crippen molar-refractivity contribution in [2.24, 2.45) is 50.7 Å². The zero-order valence-corrected chi connectivity index (χ0v) is 32.5. The molecule has 5 aliphatic carbocycles. The van der Waals surface area contributed by atoms with Crippen molar-refractivity contribution in [1.29, 1.82) is 0 Å². The van der Waals surface area contributed by atoms with E-state index in [1.807, 2.05) is 5.01 Å².